The summed E-state index contributed by atoms with van der Waals surface area (Å²) in [5.74, 6) is 2.12. The summed E-state index contributed by atoms with van der Waals surface area (Å²) in [4.78, 5) is 8.99. The molecular weight excluding hydrogens is 342 g/mol. The number of nitrogens with zero attached hydrogens (tertiary/aromatic N) is 4. The summed E-state index contributed by atoms with van der Waals surface area (Å²) in [5.41, 5.74) is 0.943. The first kappa shape index (κ1) is 17.7. The summed E-state index contributed by atoms with van der Waals surface area (Å²) in [6, 6.07) is 8.07. The van der Waals surface area contributed by atoms with Crippen LogP contribution in [0.1, 0.15) is 39.5 Å². The lowest BCUT2D eigenvalue weighted by Gasteiger charge is -2.26. The predicted molar refractivity (Wildman–Crippen MR) is 104 cm³/mol. The highest BCUT2D eigenvalue weighted by molar-refractivity contribution is 5.86. The molecule has 4 rings (SSSR count). The van der Waals surface area contributed by atoms with Crippen LogP contribution < -0.4 is 10.1 Å². The van der Waals surface area contributed by atoms with E-state index in [1.807, 2.05) is 44.3 Å². The molecule has 0 aliphatic heterocycles. The average molecular weight is 367 g/mol. The van der Waals surface area contributed by atoms with Crippen molar-refractivity contribution in [2.24, 2.45) is 0 Å². The fraction of sp³-hybridized carbons (Fsp3) is 0.450. The predicted octanol–water partition coefficient (Wildman–Crippen LogP) is 3.32. The van der Waals surface area contributed by atoms with Crippen LogP contribution >= 0.6 is 0 Å². The topological polar surface area (TPSA) is 85.1 Å². The highest BCUT2D eigenvalue weighted by Crippen LogP contribution is 2.28. The Hall–Kier alpha value is -2.67. The molecule has 1 saturated carbocycles. The first-order valence-electron chi connectivity index (χ1n) is 9.51. The van der Waals surface area contributed by atoms with Crippen molar-refractivity contribution in [2.45, 2.75) is 57.8 Å². The number of hydrogen-bond donors (Lipinski definition) is 2. The van der Waals surface area contributed by atoms with Crippen molar-refractivity contribution in [3.8, 4) is 11.6 Å². The second-order valence-corrected chi connectivity index (χ2v) is 7.30. The van der Waals surface area contributed by atoms with Crippen LogP contribution in [0.3, 0.4) is 0 Å². The number of aliphatic hydroxyl groups excluding tert-OH is 1. The number of aliphatic hydroxyl groups is 1. The van der Waals surface area contributed by atoms with Gasteiger partial charge < -0.3 is 15.2 Å². The molecule has 0 spiro atoms. The lowest BCUT2D eigenvalue weighted by Crippen LogP contribution is -2.29. The van der Waals surface area contributed by atoms with Crippen molar-refractivity contribution >= 4 is 16.9 Å². The van der Waals surface area contributed by atoms with Gasteiger partial charge in [0.1, 0.15) is 5.75 Å². The molecule has 0 saturated heterocycles. The van der Waals surface area contributed by atoms with Crippen molar-refractivity contribution in [1.29, 1.82) is 0 Å². The highest BCUT2D eigenvalue weighted by Gasteiger charge is 2.20. The molecule has 2 heterocycles. The zero-order valence-corrected chi connectivity index (χ0v) is 15.7. The number of aromatic nitrogens is 4. The van der Waals surface area contributed by atoms with Crippen LogP contribution in [0.25, 0.3) is 16.7 Å². The summed E-state index contributed by atoms with van der Waals surface area (Å²) >= 11 is 0. The van der Waals surface area contributed by atoms with Crippen molar-refractivity contribution in [3.63, 3.8) is 0 Å². The van der Waals surface area contributed by atoms with E-state index in [0.717, 1.165) is 42.3 Å². The van der Waals surface area contributed by atoms with Gasteiger partial charge in [-0.1, -0.05) is 6.07 Å². The number of benzene rings is 1. The Kier molecular flexibility index (Phi) is 4.94. The first-order chi connectivity index (χ1) is 13.1. The SMILES string of the molecule is CC(C)Oc1cccc2c1cnn2-c1ccnc(NC2CCC(O)CC2)n1. The molecule has 3 aromatic rings. The minimum absolute atomic E-state index is 0.0998. The maximum atomic E-state index is 9.66. The standard InChI is InChI=1S/C20H25N5O2/c1-13(2)27-18-5-3-4-17-16(18)12-22-25(17)19-10-11-21-20(24-19)23-14-6-8-15(26)9-7-14/h3-5,10-15,26H,6-9H2,1-2H3,(H,21,23,24). The van der Waals surface area contributed by atoms with E-state index in [1.165, 1.54) is 0 Å². The van der Waals surface area contributed by atoms with E-state index in [1.54, 1.807) is 10.9 Å². The van der Waals surface area contributed by atoms with Crippen LogP contribution in [0.4, 0.5) is 5.95 Å². The maximum Gasteiger partial charge on any atom is 0.224 e. The molecule has 7 nitrogen and oxygen atoms in total. The summed E-state index contributed by atoms with van der Waals surface area (Å²) in [6.45, 7) is 4.02. The lowest BCUT2D eigenvalue weighted by molar-refractivity contribution is 0.126. The first-order valence-corrected chi connectivity index (χ1v) is 9.51. The van der Waals surface area contributed by atoms with E-state index in [0.29, 0.717) is 17.8 Å². The zero-order valence-electron chi connectivity index (χ0n) is 15.7. The second-order valence-electron chi connectivity index (χ2n) is 7.30. The summed E-state index contributed by atoms with van der Waals surface area (Å²) < 4.78 is 7.70. The number of fused-ring (bicyclic) bond motifs is 1. The Bertz CT molecular complexity index is 916. The van der Waals surface area contributed by atoms with Gasteiger partial charge in [-0.25, -0.2) is 9.67 Å². The maximum absolute atomic E-state index is 9.66. The molecule has 2 aromatic heterocycles. The number of nitrogens with one attached hydrogen (secondary N) is 1. The summed E-state index contributed by atoms with van der Waals surface area (Å²) in [5, 5.41) is 18.5. The fourth-order valence-electron chi connectivity index (χ4n) is 3.50. The molecular formula is C20H25N5O2. The van der Waals surface area contributed by atoms with Gasteiger partial charge in [-0.05, 0) is 51.7 Å². The van der Waals surface area contributed by atoms with Gasteiger partial charge in [-0.15, -0.1) is 0 Å². The molecule has 27 heavy (non-hydrogen) atoms. The van der Waals surface area contributed by atoms with Crippen molar-refractivity contribution in [2.75, 3.05) is 5.32 Å². The molecule has 0 bridgehead atoms. The van der Waals surface area contributed by atoms with Crippen molar-refractivity contribution in [3.05, 3.63) is 36.7 Å². The largest absolute Gasteiger partial charge is 0.490 e. The van der Waals surface area contributed by atoms with Gasteiger partial charge in [0.05, 0.1) is 29.3 Å². The van der Waals surface area contributed by atoms with Gasteiger partial charge in [-0.3, -0.25) is 0 Å². The van der Waals surface area contributed by atoms with Crippen molar-refractivity contribution < 1.29 is 9.84 Å². The van der Waals surface area contributed by atoms with Gasteiger partial charge in [0.25, 0.3) is 0 Å². The average Bonchev–Trinajstić information content (AvgIpc) is 3.09. The van der Waals surface area contributed by atoms with Gasteiger partial charge >= 0.3 is 0 Å². The number of anilines is 1. The zero-order chi connectivity index (χ0) is 18.8. The normalized spacial score (nSPS) is 20.1. The number of ether oxygens (including phenoxy) is 1. The van der Waals surface area contributed by atoms with E-state index in [2.05, 4.69) is 20.4 Å². The van der Waals surface area contributed by atoms with E-state index in [9.17, 15) is 5.11 Å². The van der Waals surface area contributed by atoms with Crippen LogP contribution in [0.5, 0.6) is 5.75 Å². The molecule has 0 radical (unpaired) electrons. The Balaban J connectivity index is 1.60. The van der Waals surface area contributed by atoms with E-state index in [-0.39, 0.29) is 12.2 Å². The van der Waals surface area contributed by atoms with Gasteiger partial charge in [0.2, 0.25) is 5.95 Å². The van der Waals surface area contributed by atoms with Gasteiger partial charge in [0, 0.05) is 18.3 Å². The monoisotopic (exact) mass is 367 g/mol. The summed E-state index contributed by atoms with van der Waals surface area (Å²) in [7, 11) is 0. The van der Waals surface area contributed by atoms with E-state index in [4.69, 9.17) is 4.74 Å². The third-order valence-electron chi connectivity index (χ3n) is 4.82. The molecule has 1 fully saturated rings. The Morgan fingerprint density at radius 1 is 1.19 bits per heavy atom. The van der Waals surface area contributed by atoms with Crippen molar-refractivity contribution in [1.82, 2.24) is 19.7 Å². The Morgan fingerprint density at radius 2 is 2.00 bits per heavy atom. The molecule has 1 aromatic carbocycles. The smallest absolute Gasteiger partial charge is 0.224 e. The number of rotatable bonds is 5. The molecule has 142 valence electrons. The van der Waals surface area contributed by atoms with Gasteiger partial charge in [-0.2, -0.15) is 10.1 Å². The molecule has 2 N–H and O–H groups in total. The quantitative estimate of drug-likeness (QED) is 0.720. The third kappa shape index (κ3) is 3.88. The molecule has 0 unspecified atom stereocenters. The van der Waals surface area contributed by atoms with Crippen LogP contribution in [-0.2, 0) is 0 Å². The Labute approximate surface area is 158 Å². The molecule has 1 aliphatic carbocycles. The van der Waals surface area contributed by atoms with Crippen LogP contribution in [-0.4, -0.2) is 43.1 Å². The Morgan fingerprint density at radius 3 is 2.78 bits per heavy atom. The lowest BCUT2D eigenvalue weighted by atomic mass is 9.93. The minimum atomic E-state index is -0.173. The van der Waals surface area contributed by atoms with Gasteiger partial charge in [0.15, 0.2) is 5.82 Å². The molecule has 1 aliphatic rings. The second kappa shape index (κ2) is 7.52. The van der Waals surface area contributed by atoms with E-state index < -0.39 is 0 Å². The molecule has 0 amide bonds. The third-order valence-corrected chi connectivity index (χ3v) is 4.82. The molecule has 0 atom stereocenters. The fourth-order valence-corrected chi connectivity index (χ4v) is 3.50. The summed E-state index contributed by atoms with van der Waals surface area (Å²) in [6.07, 6.45) is 6.97. The van der Waals surface area contributed by atoms with E-state index >= 15 is 0 Å². The molecule has 7 heteroatoms. The minimum Gasteiger partial charge on any atom is -0.490 e. The van der Waals surface area contributed by atoms with Crippen LogP contribution in [0.15, 0.2) is 36.7 Å². The highest BCUT2D eigenvalue weighted by atomic mass is 16.5. The van der Waals surface area contributed by atoms with Crippen LogP contribution in [0.2, 0.25) is 0 Å². The number of hydrogen-bond acceptors (Lipinski definition) is 6. The van der Waals surface area contributed by atoms with Crippen LogP contribution in [0, 0.1) is 0 Å².